The first kappa shape index (κ1) is 18.9. The molecule has 128 valence electrons. The summed E-state index contributed by atoms with van der Waals surface area (Å²) in [5.41, 5.74) is 4.80. The molecule has 0 saturated heterocycles. The molecule has 1 aliphatic rings. The normalized spacial score (nSPS) is 17.0. The zero-order valence-electron chi connectivity index (χ0n) is 14.1. The lowest BCUT2D eigenvalue weighted by Gasteiger charge is -2.36. The monoisotopic (exact) mass is 311 g/mol. The van der Waals surface area contributed by atoms with E-state index < -0.39 is 5.54 Å². The van der Waals surface area contributed by atoms with Gasteiger partial charge >= 0.3 is 0 Å². The molecule has 4 N–H and O–H groups in total. The van der Waals surface area contributed by atoms with E-state index in [1.54, 1.807) is 0 Å². The van der Waals surface area contributed by atoms with Crippen LogP contribution in [-0.2, 0) is 9.59 Å². The number of nitrogens with two attached hydrogens (primary N) is 1. The van der Waals surface area contributed by atoms with Gasteiger partial charge in [-0.3, -0.25) is 9.59 Å². The predicted molar refractivity (Wildman–Crippen MR) is 89.4 cm³/mol. The molecular weight excluding hydrogens is 278 g/mol. The minimum atomic E-state index is -0.665. The van der Waals surface area contributed by atoms with Crippen LogP contribution in [0.4, 0.5) is 0 Å². The standard InChI is InChI=1S/C17H33N3O2/c1-2-14-19-16(22)17(11-7-5-8-12-17)20-15(21)10-6-3-4-9-13-18/h2-14,18H2,1H3,(H,19,22)(H,20,21). The van der Waals surface area contributed by atoms with Crippen molar-refractivity contribution in [3.63, 3.8) is 0 Å². The molecule has 2 amide bonds. The van der Waals surface area contributed by atoms with Crippen LogP contribution in [0.1, 0.15) is 77.6 Å². The van der Waals surface area contributed by atoms with E-state index in [9.17, 15) is 9.59 Å². The van der Waals surface area contributed by atoms with E-state index in [0.29, 0.717) is 19.5 Å². The Morgan fingerprint density at radius 3 is 2.36 bits per heavy atom. The van der Waals surface area contributed by atoms with Gasteiger partial charge in [-0.2, -0.15) is 0 Å². The van der Waals surface area contributed by atoms with Gasteiger partial charge in [-0.1, -0.05) is 39.0 Å². The molecule has 5 nitrogen and oxygen atoms in total. The third-order valence-corrected chi connectivity index (χ3v) is 4.41. The molecule has 0 radical (unpaired) electrons. The fourth-order valence-corrected chi connectivity index (χ4v) is 3.08. The number of hydrogen-bond donors (Lipinski definition) is 3. The lowest BCUT2D eigenvalue weighted by Crippen LogP contribution is -2.59. The predicted octanol–water partition coefficient (Wildman–Crippen LogP) is 2.24. The van der Waals surface area contributed by atoms with Crippen LogP contribution in [-0.4, -0.2) is 30.4 Å². The fourth-order valence-electron chi connectivity index (χ4n) is 3.08. The molecule has 5 heteroatoms. The lowest BCUT2D eigenvalue weighted by molar-refractivity contribution is -0.135. The molecule has 1 fully saturated rings. The van der Waals surface area contributed by atoms with Crippen LogP contribution in [0.3, 0.4) is 0 Å². The van der Waals surface area contributed by atoms with E-state index in [1.807, 2.05) is 6.92 Å². The Kier molecular flexibility index (Phi) is 9.13. The second-order valence-electron chi connectivity index (χ2n) is 6.40. The molecule has 0 aromatic heterocycles. The van der Waals surface area contributed by atoms with E-state index in [-0.39, 0.29) is 11.8 Å². The van der Waals surface area contributed by atoms with Gasteiger partial charge < -0.3 is 16.4 Å². The second-order valence-corrected chi connectivity index (χ2v) is 6.40. The van der Waals surface area contributed by atoms with Gasteiger partial charge in [0.1, 0.15) is 5.54 Å². The van der Waals surface area contributed by atoms with Crippen molar-refractivity contribution >= 4 is 11.8 Å². The van der Waals surface area contributed by atoms with E-state index in [0.717, 1.165) is 64.2 Å². The first-order chi connectivity index (χ1) is 10.6. The van der Waals surface area contributed by atoms with Crippen LogP contribution in [0.2, 0.25) is 0 Å². The van der Waals surface area contributed by atoms with Gasteiger partial charge in [0.2, 0.25) is 11.8 Å². The molecule has 0 aromatic carbocycles. The van der Waals surface area contributed by atoms with Crippen molar-refractivity contribution in [1.82, 2.24) is 10.6 Å². The molecule has 0 unspecified atom stereocenters. The highest BCUT2D eigenvalue weighted by atomic mass is 16.2. The Labute approximate surface area is 134 Å². The van der Waals surface area contributed by atoms with E-state index in [2.05, 4.69) is 10.6 Å². The number of carbonyl (C=O) groups excluding carboxylic acids is 2. The van der Waals surface area contributed by atoms with Crippen molar-refractivity contribution < 1.29 is 9.59 Å². The Morgan fingerprint density at radius 2 is 1.73 bits per heavy atom. The summed E-state index contributed by atoms with van der Waals surface area (Å²) >= 11 is 0. The number of hydrogen-bond acceptors (Lipinski definition) is 3. The van der Waals surface area contributed by atoms with Crippen LogP contribution in [0.5, 0.6) is 0 Å². The van der Waals surface area contributed by atoms with Crippen LogP contribution in [0.15, 0.2) is 0 Å². The summed E-state index contributed by atoms with van der Waals surface area (Å²) < 4.78 is 0. The average molecular weight is 311 g/mol. The Hall–Kier alpha value is -1.10. The fraction of sp³-hybridized carbons (Fsp3) is 0.882. The number of unbranched alkanes of at least 4 members (excludes halogenated alkanes) is 3. The molecule has 1 saturated carbocycles. The van der Waals surface area contributed by atoms with Gasteiger partial charge in [0.15, 0.2) is 0 Å². The molecule has 22 heavy (non-hydrogen) atoms. The quantitative estimate of drug-likeness (QED) is 0.541. The zero-order valence-corrected chi connectivity index (χ0v) is 14.1. The largest absolute Gasteiger partial charge is 0.354 e. The third kappa shape index (κ3) is 6.34. The Morgan fingerprint density at radius 1 is 1.05 bits per heavy atom. The highest BCUT2D eigenvalue weighted by Crippen LogP contribution is 2.28. The third-order valence-electron chi connectivity index (χ3n) is 4.41. The Balaban J connectivity index is 2.46. The number of amides is 2. The summed E-state index contributed by atoms with van der Waals surface area (Å²) in [5, 5.41) is 6.02. The summed E-state index contributed by atoms with van der Waals surface area (Å²) in [7, 11) is 0. The number of nitrogens with one attached hydrogen (secondary N) is 2. The SMILES string of the molecule is CCCNC(=O)C1(NC(=O)CCCCCCN)CCCCC1. The summed E-state index contributed by atoms with van der Waals surface area (Å²) in [5.74, 6) is 0.0202. The first-order valence-corrected chi connectivity index (χ1v) is 8.94. The van der Waals surface area contributed by atoms with Crippen LogP contribution in [0, 0.1) is 0 Å². The Bertz CT molecular complexity index is 339. The second kappa shape index (κ2) is 10.6. The van der Waals surface area contributed by atoms with Gasteiger partial charge in [-0.15, -0.1) is 0 Å². The summed E-state index contributed by atoms with van der Waals surface area (Å²) in [6.07, 6.45) is 10.1. The first-order valence-electron chi connectivity index (χ1n) is 8.94. The summed E-state index contributed by atoms with van der Waals surface area (Å²) in [6, 6.07) is 0. The number of rotatable bonds is 10. The van der Waals surface area contributed by atoms with E-state index in [1.165, 1.54) is 0 Å². The minimum absolute atomic E-state index is 0.00512. The molecular formula is C17H33N3O2. The molecule has 0 heterocycles. The molecule has 1 rings (SSSR count). The topological polar surface area (TPSA) is 84.2 Å². The molecule has 0 bridgehead atoms. The van der Waals surface area contributed by atoms with Crippen LogP contribution < -0.4 is 16.4 Å². The smallest absolute Gasteiger partial charge is 0.245 e. The van der Waals surface area contributed by atoms with Crippen molar-refractivity contribution in [2.45, 2.75) is 83.1 Å². The highest BCUT2D eigenvalue weighted by molar-refractivity contribution is 5.91. The molecule has 1 aliphatic carbocycles. The molecule has 0 aliphatic heterocycles. The van der Waals surface area contributed by atoms with Gasteiger partial charge in [0, 0.05) is 13.0 Å². The molecule has 0 atom stereocenters. The van der Waals surface area contributed by atoms with Crippen LogP contribution >= 0.6 is 0 Å². The summed E-state index contributed by atoms with van der Waals surface area (Å²) in [6.45, 7) is 3.43. The van der Waals surface area contributed by atoms with Crippen molar-refractivity contribution in [2.24, 2.45) is 5.73 Å². The van der Waals surface area contributed by atoms with E-state index in [4.69, 9.17) is 5.73 Å². The highest BCUT2D eigenvalue weighted by Gasteiger charge is 2.40. The van der Waals surface area contributed by atoms with Crippen molar-refractivity contribution in [3.8, 4) is 0 Å². The maximum atomic E-state index is 12.5. The van der Waals surface area contributed by atoms with Gasteiger partial charge in [0.05, 0.1) is 0 Å². The maximum Gasteiger partial charge on any atom is 0.245 e. The van der Waals surface area contributed by atoms with Gasteiger partial charge in [-0.05, 0) is 38.6 Å². The van der Waals surface area contributed by atoms with Crippen LogP contribution in [0.25, 0.3) is 0 Å². The minimum Gasteiger partial charge on any atom is -0.354 e. The van der Waals surface area contributed by atoms with Crippen molar-refractivity contribution in [1.29, 1.82) is 0 Å². The van der Waals surface area contributed by atoms with Gasteiger partial charge in [-0.25, -0.2) is 0 Å². The van der Waals surface area contributed by atoms with Crippen molar-refractivity contribution in [2.75, 3.05) is 13.1 Å². The summed E-state index contributed by atoms with van der Waals surface area (Å²) in [4.78, 5) is 24.7. The molecule has 0 spiro atoms. The zero-order chi connectivity index (χ0) is 16.3. The molecule has 0 aromatic rings. The lowest BCUT2D eigenvalue weighted by atomic mass is 9.80. The van der Waals surface area contributed by atoms with Crippen molar-refractivity contribution in [3.05, 3.63) is 0 Å². The average Bonchev–Trinajstić information content (AvgIpc) is 2.53. The number of carbonyl (C=O) groups is 2. The van der Waals surface area contributed by atoms with E-state index >= 15 is 0 Å². The maximum absolute atomic E-state index is 12.5. The van der Waals surface area contributed by atoms with Gasteiger partial charge in [0.25, 0.3) is 0 Å².